The molecule has 2 rings (SSSR count). The summed E-state index contributed by atoms with van der Waals surface area (Å²) < 4.78 is 0.916. The average Bonchev–Trinajstić information content (AvgIpc) is 2.28. The Labute approximate surface area is 112 Å². The normalized spacial score (nSPS) is 12.6. The first kappa shape index (κ1) is 12.3. The van der Waals surface area contributed by atoms with Crippen molar-refractivity contribution in [2.45, 2.75) is 11.8 Å². The van der Waals surface area contributed by atoms with Gasteiger partial charge in [0.05, 0.1) is 5.52 Å². The summed E-state index contributed by atoms with van der Waals surface area (Å²) in [5.74, 6) is -0.513. The molecule has 0 aliphatic rings. The molecular weight excluding hydrogens is 304 g/mol. The van der Waals surface area contributed by atoms with Gasteiger partial charge in [-0.3, -0.25) is 9.78 Å². The van der Waals surface area contributed by atoms with Gasteiger partial charge in [-0.1, -0.05) is 18.2 Å². The first-order chi connectivity index (χ1) is 8.08. The Hall–Kier alpha value is -1.13. The van der Waals surface area contributed by atoms with Crippen molar-refractivity contribution in [1.29, 1.82) is 0 Å². The van der Waals surface area contributed by atoms with E-state index >= 15 is 0 Å². The number of hydrogen-bond donors (Lipinski definition) is 1. The number of hydrogen-bond acceptors (Lipinski definition) is 2. The van der Waals surface area contributed by atoms with E-state index < -0.39 is 11.3 Å². The van der Waals surface area contributed by atoms with Crippen molar-refractivity contribution in [3.8, 4) is 0 Å². The molecule has 0 bridgehead atoms. The predicted octanol–water partition coefficient (Wildman–Crippen LogP) is 2.63. The van der Waals surface area contributed by atoms with Crippen LogP contribution in [0.4, 0.5) is 0 Å². The molecular formula is C12H10BrClN2O. The van der Waals surface area contributed by atoms with Gasteiger partial charge in [-0.2, -0.15) is 0 Å². The SMILES string of the molecule is NC(=O)C(Cl)Cc1cccc2cc(Br)cnc12. The number of nitrogens with two attached hydrogens (primary N) is 1. The molecule has 0 spiro atoms. The maximum atomic E-state index is 11.0. The molecule has 1 unspecified atom stereocenters. The number of carbonyl (C=O) groups excluding carboxylic acids is 1. The van der Waals surface area contributed by atoms with Gasteiger partial charge >= 0.3 is 0 Å². The van der Waals surface area contributed by atoms with Gasteiger partial charge in [-0.05, 0) is 34.0 Å². The van der Waals surface area contributed by atoms with E-state index in [1.54, 1.807) is 6.20 Å². The zero-order chi connectivity index (χ0) is 12.4. The largest absolute Gasteiger partial charge is 0.368 e. The molecule has 5 heteroatoms. The number of fused-ring (bicyclic) bond motifs is 1. The van der Waals surface area contributed by atoms with Crippen molar-refractivity contribution >= 4 is 44.3 Å². The molecule has 1 aromatic heterocycles. The van der Waals surface area contributed by atoms with E-state index in [4.69, 9.17) is 17.3 Å². The van der Waals surface area contributed by atoms with E-state index in [-0.39, 0.29) is 0 Å². The van der Waals surface area contributed by atoms with E-state index in [0.29, 0.717) is 6.42 Å². The smallest absolute Gasteiger partial charge is 0.235 e. The fourth-order valence-corrected chi connectivity index (χ4v) is 2.17. The summed E-state index contributed by atoms with van der Waals surface area (Å²) in [6.45, 7) is 0. The predicted molar refractivity (Wildman–Crippen MR) is 72.0 cm³/mol. The van der Waals surface area contributed by atoms with Crippen LogP contribution in [-0.4, -0.2) is 16.3 Å². The number of carbonyl (C=O) groups is 1. The van der Waals surface area contributed by atoms with Crippen LogP contribution in [0.15, 0.2) is 34.9 Å². The zero-order valence-corrected chi connectivity index (χ0v) is 11.2. The van der Waals surface area contributed by atoms with E-state index in [1.165, 1.54) is 0 Å². The van der Waals surface area contributed by atoms with Gasteiger partial charge in [-0.25, -0.2) is 0 Å². The molecule has 2 N–H and O–H groups in total. The summed E-state index contributed by atoms with van der Waals surface area (Å²) >= 11 is 9.24. The van der Waals surface area contributed by atoms with Crippen LogP contribution < -0.4 is 5.73 Å². The van der Waals surface area contributed by atoms with Gasteiger partial charge in [0.25, 0.3) is 0 Å². The van der Waals surface area contributed by atoms with E-state index in [2.05, 4.69) is 20.9 Å². The van der Waals surface area contributed by atoms with Gasteiger partial charge in [0, 0.05) is 16.1 Å². The second kappa shape index (κ2) is 5.02. The number of pyridine rings is 1. The summed E-state index contributed by atoms with van der Waals surface area (Å²) in [4.78, 5) is 15.3. The number of nitrogens with zero attached hydrogens (tertiary/aromatic N) is 1. The van der Waals surface area contributed by atoms with Gasteiger partial charge in [-0.15, -0.1) is 11.6 Å². The quantitative estimate of drug-likeness (QED) is 0.886. The lowest BCUT2D eigenvalue weighted by Crippen LogP contribution is -2.25. The number of rotatable bonds is 3. The summed E-state index contributed by atoms with van der Waals surface area (Å²) in [5, 5.41) is 0.302. The van der Waals surface area contributed by atoms with Crippen molar-refractivity contribution in [3.05, 3.63) is 40.5 Å². The third-order valence-corrected chi connectivity index (χ3v) is 3.27. The molecule has 0 fully saturated rings. The van der Waals surface area contributed by atoms with Crippen LogP contribution in [0, 0.1) is 0 Å². The molecule has 0 aliphatic heterocycles. The van der Waals surface area contributed by atoms with Crippen molar-refractivity contribution in [1.82, 2.24) is 4.98 Å². The Bertz CT molecular complexity index is 573. The lowest BCUT2D eigenvalue weighted by atomic mass is 10.1. The van der Waals surface area contributed by atoms with Crippen LogP contribution in [0.25, 0.3) is 10.9 Å². The first-order valence-electron chi connectivity index (χ1n) is 5.04. The molecule has 1 aromatic carbocycles. The van der Waals surface area contributed by atoms with Crippen LogP contribution in [-0.2, 0) is 11.2 Å². The van der Waals surface area contributed by atoms with E-state index in [0.717, 1.165) is 20.9 Å². The van der Waals surface area contributed by atoms with Gasteiger partial charge in [0.2, 0.25) is 5.91 Å². The maximum absolute atomic E-state index is 11.0. The molecule has 1 atom stereocenters. The second-order valence-electron chi connectivity index (χ2n) is 3.72. The minimum Gasteiger partial charge on any atom is -0.368 e. The molecule has 2 aromatic rings. The summed E-state index contributed by atoms with van der Waals surface area (Å²) in [5.41, 5.74) is 6.93. The minimum atomic E-state index is -0.703. The van der Waals surface area contributed by atoms with Crippen LogP contribution in [0.3, 0.4) is 0 Å². The third kappa shape index (κ3) is 2.76. The minimum absolute atomic E-state index is 0.392. The lowest BCUT2D eigenvalue weighted by molar-refractivity contribution is -0.117. The molecule has 0 saturated heterocycles. The standard InChI is InChI=1S/C12H10BrClN2O/c13-9-4-7-2-1-3-8(11(7)16-6-9)5-10(14)12(15)17/h1-4,6,10H,5H2,(H2,15,17). The van der Waals surface area contributed by atoms with Crippen molar-refractivity contribution in [3.63, 3.8) is 0 Å². The Morgan fingerprint density at radius 2 is 2.29 bits per heavy atom. The third-order valence-electron chi connectivity index (χ3n) is 2.47. The highest BCUT2D eigenvalue weighted by atomic mass is 79.9. The number of para-hydroxylation sites is 1. The number of amides is 1. The van der Waals surface area contributed by atoms with Crippen LogP contribution in [0.1, 0.15) is 5.56 Å². The molecule has 0 saturated carbocycles. The fraction of sp³-hybridized carbons (Fsp3) is 0.167. The Morgan fingerprint density at radius 3 is 3.00 bits per heavy atom. The number of alkyl halides is 1. The van der Waals surface area contributed by atoms with Gasteiger partial charge in [0.15, 0.2) is 0 Å². The Balaban J connectivity index is 2.44. The summed E-state index contributed by atoms with van der Waals surface area (Å²) in [6.07, 6.45) is 2.11. The topological polar surface area (TPSA) is 56.0 Å². The Morgan fingerprint density at radius 1 is 1.53 bits per heavy atom. The first-order valence-corrected chi connectivity index (χ1v) is 6.27. The molecule has 1 heterocycles. The van der Waals surface area contributed by atoms with Crippen LogP contribution in [0.5, 0.6) is 0 Å². The number of benzene rings is 1. The monoisotopic (exact) mass is 312 g/mol. The van der Waals surface area contributed by atoms with Crippen molar-refractivity contribution in [2.75, 3.05) is 0 Å². The zero-order valence-electron chi connectivity index (χ0n) is 8.86. The second-order valence-corrected chi connectivity index (χ2v) is 5.16. The van der Waals surface area contributed by atoms with Crippen LogP contribution >= 0.6 is 27.5 Å². The summed E-state index contributed by atoms with van der Waals surface area (Å²) in [7, 11) is 0. The fourth-order valence-electron chi connectivity index (χ4n) is 1.66. The highest BCUT2D eigenvalue weighted by Crippen LogP contribution is 2.22. The summed E-state index contributed by atoms with van der Waals surface area (Å²) in [6, 6.07) is 7.75. The maximum Gasteiger partial charge on any atom is 0.235 e. The lowest BCUT2D eigenvalue weighted by Gasteiger charge is -2.08. The molecule has 88 valence electrons. The molecule has 0 aliphatic carbocycles. The molecule has 0 radical (unpaired) electrons. The highest BCUT2D eigenvalue weighted by Gasteiger charge is 2.14. The van der Waals surface area contributed by atoms with E-state index in [9.17, 15) is 4.79 Å². The Kier molecular flexibility index (Phi) is 3.64. The van der Waals surface area contributed by atoms with Crippen LogP contribution in [0.2, 0.25) is 0 Å². The average molecular weight is 314 g/mol. The van der Waals surface area contributed by atoms with Crippen molar-refractivity contribution < 1.29 is 4.79 Å². The number of aromatic nitrogens is 1. The van der Waals surface area contributed by atoms with Gasteiger partial charge < -0.3 is 5.73 Å². The highest BCUT2D eigenvalue weighted by molar-refractivity contribution is 9.10. The van der Waals surface area contributed by atoms with E-state index in [1.807, 2.05) is 24.3 Å². The molecule has 1 amide bonds. The number of halogens is 2. The van der Waals surface area contributed by atoms with Crippen molar-refractivity contribution in [2.24, 2.45) is 5.73 Å². The van der Waals surface area contributed by atoms with Gasteiger partial charge in [0.1, 0.15) is 5.38 Å². The number of primary amides is 1. The molecule has 17 heavy (non-hydrogen) atoms. The molecule has 3 nitrogen and oxygen atoms in total.